The van der Waals surface area contributed by atoms with Crippen molar-refractivity contribution in [3.63, 3.8) is 0 Å². The third-order valence-electron chi connectivity index (χ3n) is 3.86. The predicted octanol–water partition coefficient (Wildman–Crippen LogP) is 3.96. The van der Waals surface area contributed by atoms with Crippen molar-refractivity contribution in [3.05, 3.63) is 59.2 Å². The first kappa shape index (κ1) is 18.6. The van der Waals surface area contributed by atoms with E-state index in [0.717, 1.165) is 28.9 Å². The molecule has 2 aromatic carbocycles. The molecule has 0 saturated heterocycles. The van der Waals surface area contributed by atoms with Gasteiger partial charge in [-0.05, 0) is 37.1 Å². The quantitative estimate of drug-likeness (QED) is 0.891. The van der Waals surface area contributed by atoms with Gasteiger partial charge in [0.2, 0.25) is 11.8 Å². The zero-order chi connectivity index (χ0) is 18.6. The lowest BCUT2D eigenvalue weighted by atomic mass is 10.1. The molecule has 0 heterocycles. The number of amides is 2. The number of nitrogens with zero attached hydrogens (tertiary/aromatic N) is 1. The summed E-state index contributed by atoms with van der Waals surface area (Å²) in [4.78, 5) is 25.6. The first-order valence-corrected chi connectivity index (χ1v) is 7.89. The molecule has 0 aliphatic rings. The molecule has 0 bridgehead atoms. The Morgan fingerprint density at radius 1 is 1.08 bits per heavy atom. The van der Waals surface area contributed by atoms with Crippen molar-refractivity contribution in [2.75, 3.05) is 16.8 Å². The number of rotatable bonds is 5. The van der Waals surface area contributed by atoms with Crippen LogP contribution >= 0.6 is 0 Å². The fourth-order valence-electron chi connectivity index (χ4n) is 2.68. The van der Waals surface area contributed by atoms with Crippen LogP contribution in [0, 0.1) is 25.5 Å². The number of anilines is 2. The van der Waals surface area contributed by atoms with Crippen LogP contribution in [0.25, 0.3) is 0 Å². The molecule has 0 atom stereocenters. The highest BCUT2D eigenvalue weighted by Gasteiger charge is 2.17. The maximum atomic E-state index is 13.6. The molecule has 0 radical (unpaired) electrons. The summed E-state index contributed by atoms with van der Waals surface area (Å²) in [5, 5.41) is 2.39. The van der Waals surface area contributed by atoms with Crippen LogP contribution in [0.3, 0.4) is 0 Å². The van der Waals surface area contributed by atoms with Crippen LogP contribution in [0.4, 0.5) is 20.2 Å². The molecule has 0 fully saturated rings. The van der Waals surface area contributed by atoms with E-state index in [4.69, 9.17) is 0 Å². The highest BCUT2D eigenvalue weighted by atomic mass is 19.1. The summed E-state index contributed by atoms with van der Waals surface area (Å²) in [5.41, 5.74) is 2.55. The summed E-state index contributed by atoms with van der Waals surface area (Å²) < 4.78 is 26.5. The average Bonchev–Trinajstić information content (AvgIpc) is 2.52. The largest absolute Gasteiger partial charge is 0.324 e. The molecule has 1 N–H and O–H groups in total. The van der Waals surface area contributed by atoms with Crippen LogP contribution in [-0.4, -0.2) is 18.4 Å². The Balaban J connectivity index is 2.09. The van der Waals surface area contributed by atoms with E-state index < -0.39 is 17.5 Å². The van der Waals surface area contributed by atoms with Crippen molar-refractivity contribution in [3.8, 4) is 0 Å². The van der Waals surface area contributed by atoms with Crippen molar-refractivity contribution in [2.45, 2.75) is 27.2 Å². The number of para-hydroxylation sites is 1. The normalized spacial score (nSPS) is 10.4. The maximum Gasteiger partial charge on any atom is 0.226 e. The van der Waals surface area contributed by atoms with E-state index in [-0.39, 0.29) is 24.6 Å². The summed E-state index contributed by atoms with van der Waals surface area (Å²) in [6.07, 6.45) is -0.00975. The van der Waals surface area contributed by atoms with Crippen LogP contribution in [0.1, 0.15) is 24.5 Å². The first-order valence-electron chi connectivity index (χ1n) is 7.89. The Kier molecular flexibility index (Phi) is 5.85. The SMILES string of the molecule is CC(=O)N(CCC(=O)Nc1ccc(F)cc1F)c1c(C)cccc1C. The predicted molar refractivity (Wildman–Crippen MR) is 93.5 cm³/mol. The molecule has 132 valence electrons. The van der Waals surface area contributed by atoms with Gasteiger partial charge in [-0.3, -0.25) is 9.59 Å². The zero-order valence-electron chi connectivity index (χ0n) is 14.4. The lowest BCUT2D eigenvalue weighted by Gasteiger charge is -2.25. The fraction of sp³-hybridized carbons (Fsp3) is 0.263. The van der Waals surface area contributed by atoms with Crippen molar-refractivity contribution < 1.29 is 18.4 Å². The Labute approximate surface area is 145 Å². The molecule has 25 heavy (non-hydrogen) atoms. The van der Waals surface area contributed by atoms with Gasteiger partial charge in [0.15, 0.2) is 0 Å². The lowest BCUT2D eigenvalue weighted by Crippen LogP contribution is -2.33. The number of hydrogen-bond acceptors (Lipinski definition) is 2. The van der Waals surface area contributed by atoms with E-state index in [0.29, 0.717) is 6.07 Å². The molecule has 2 rings (SSSR count). The molecule has 0 unspecified atom stereocenters. The number of carbonyl (C=O) groups is 2. The van der Waals surface area contributed by atoms with Gasteiger partial charge in [-0.25, -0.2) is 8.78 Å². The molecule has 0 aromatic heterocycles. The minimum Gasteiger partial charge on any atom is -0.324 e. The summed E-state index contributed by atoms with van der Waals surface area (Å²) >= 11 is 0. The van der Waals surface area contributed by atoms with E-state index in [1.165, 1.54) is 11.8 Å². The lowest BCUT2D eigenvalue weighted by molar-refractivity contribution is -0.117. The summed E-state index contributed by atoms with van der Waals surface area (Å²) in [6, 6.07) is 8.62. The van der Waals surface area contributed by atoms with E-state index in [9.17, 15) is 18.4 Å². The van der Waals surface area contributed by atoms with Crippen LogP contribution in [-0.2, 0) is 9.59 Å². The third-order valence-corrected chi connectivity index (χ3v) is 3.86. The average molecular weight is 346 g/mol. The van der Waals surface area contributed by atoms with Gasteiger partial charge >= 0.3 is 0 Å². The number of aryl methyl sites for hydroxylation is 2. The van der Waals surface area contributed by atoms with Gasteiger partial charge in [0.25, 0.3) is 0 Å². The fourth-order valence-corrected chi connectivity index (χ4v) is 2.68. The minimum absolute atomic E-state index is 0.00975. The van der Waals surface area contributed by atoms with Crippen LogP contribution in [0.15, 0.2) is 36.4 Å². The van der Waals surface area contributed by atoms with Gasteiger partial charge in [-0.2, -0.15) is 0 Å². The number of carbonyl (C=O) groups excluding carboxylic acids is 2. The van der Waals surface area contributed by atoms with Crippen molar-refractivity contribution >= 4 is 23.2 Å². The molecule has 6 heteroatoms. The Morgan fingerprint density at radius 2 is 1.72 bits per heavy atom. The van der Waals surface area contributed by atoms with Gasteiger partial charge in [0, 0.05) is 31.6 Å². The molecule has 0 aliphatic heterocycles. The summed E-state index contributed by atoms with van der Waals surface area (Å²) in [7, 11) is 0. The van der Waals surface area contributed by atoms with Crippen LogP contribution in [0.2, 0.25) is 0 Å². The molecular formula is C19H20F2N2O2. The standard InChI is InChI=1S/C19H20F2N2O2/c1-12-5-4-6-13(2)19(12)23(14(3)24)10-9-18(25)22-17-8-7-15(20)11-16(17)21/h4-8,11H,9-10H2,1-3H3,(H,22,25). The van der Waals surface area contributed by atoms with Gasteiger partial charge in [0.05, 0.1) is 5.69 Å². The highest BCUT2D eigenvalue weighted by Crippen LogP contribution is 2.25. The highest BCUT2D eigenvalue weighted by molar-refractivity contribution is 5.95. The van der Waals surface area contributed by atoms with Crippen molar-refractivity contribution in [1.82, 2.24) is 0 Å². The van der Waals surface area contributed by atoms with Gasteiger partial charge in [-0.1, -0.05) is 18.2 Å². The number of nitrogens with one attached hydrogen (secondary N) is 1. The molecule has 2 amide bonds. The first-order chi connectivity index (χ1) is 11.8. The molecule has 0 aliphatic carbocycles. The van der Waals surface area contributed by atoms with Crippen LogP contribution < -0.4 is 10.2 Å². The number of halogens is 2. The van der Waals surface area contributed by atoms with E-state index in [2.05, 4.69) is 5.32 Å². The summed E-state index contributed by atoms with van der Waals surface area (Å²) in [5.74, 6) is -2.19. The van der Waals surface area contributed by atoms with Crippen molar-refractivity contribution in [2.24, 2.45) is 0 Å². The van der Waals surface area contributed by atoms with Crippen LogP contribution in [0.5, 0.6) is 0 Å². The Bertz CT molecular complexity index is 786. The van der Waals surface area contributed by atoms with Crippen molar-refractivity contribution in [1.29, 1.82) is 0 Å². The van der Waals surface area contributed by atoms with Gasteiger partial charge < -0.3 is 10.2 Å². The molecule has 0 spiro atoms. The minimum atomic E-state index is -0.841. The summed E-state index contributed by atoms with van der Waals surface area (Å²) in [6.45, 7) is 5.39. The van der Waals surface area contributed by atoms with E-state index in [1.54, 1.807) is 0 Å². The number of hydrogen-bond donors (Lipinski definition) is 1. The van der Waals surface area contributed by atoms with Gasteiger partial charge in [0.1, 0.15) is 11.6 Å². The maximum absolute atomic E-state index is 13.6. The monoisotopic (exact) mass is 346 g/mol. The van der Waals surface area contributed by atoms with Gasteiger partial charge in [-0.15, -0.1) is 0 Å². The zero-order valence-corrected chi connectivity index (χ0v) is 14.4. The molecule has 2 aromatic rings. The third kappa shape index (κ3) is 4.62. The number of benzene rings is 2. The topological polar surface area (TPSA) is 49.4 Å². The Morgan fingerprint density at radius 3 is 2.28 bits per heavy atom. The second kappa shape index (κ2) is 7.88. The van der Waals surface area contributed by atoms with E-state index >= 15 is 0 Å². The Hall–Kier alpha value is -2.76. The molecule has 0 saturated carbocycles. The smallest absolute Gasteiger partial charge is 0.226 e. The molecule has 4 nitrogen and oxygen atoms in total. The van der Waals surface area contributed by atoms with E-state index in [1.807, 2.05) is 32.0 Å². The second-order valence-corrected chi connectivity index (χ2v) is 5.83. The molecular weight excluding hydrogens is 326 g/mol. The second-order valence-electron chi connectivity index (χ2n) is 5.83.